The molecule has 0 saturated carbocycles. The van der Waals surface area contributed by atoms with Crippen molar-refractivity contribution in [1.82, 2.24) is 15.8 Å². The summed E-state index contributed by atoms with van der Waals surface area (Å²) in [6, 6.07) is 15.1. The van der Waals surface area contributed by atoms with E-state index in [2.05, 4.69) is 21.9 Å². The molecular weight excluding hydrogens is 350 g/mol. The number of carbonyl (C=O) groups is 2. The Labute approximate surface area is 156 Å². The zero-order valence-electron chi connectivity index (χ0n) is 14.2. The third-order valence-electron chi connectivity index (χ3n) is 4.14. The highest BCUT2D eigenvalue weighted by molar-refractivity contribution is 6.30. The van der Waals surface area contributed by atoms with Crippen molar-refractivity contribution >= 4 is 34.3 Å². The van der Waals surface area contributed by atoms with Gasteiger partial charge in [0, 0.05) is 28.5 Å². The summed E-state index contributed by atoms with van der Waals surface area (Å²) in [5.74, 6) is -0.466. The lowest BCUT2D eigenvalue weighted by atomic mass is 10.1. The first-order valence-corrected chi connectivity index (χ1v) is 8.87. The molecule has 0 atom stereocenters. The molecule has 6 heteroatoms. The Bertz CT molecular complexity index is 903. The minimum Gasteiger partial charge on any atom is -0.361 e. The monoisotopic (exact) mass is 369 g/mol. The van der Waals surface area contributed by atoms with Gasteiger partial charge in [0.2, 0.25) is 11.8 Å². The van der Waals surface area contributed by atoms with Crippen molar-refractivity contribution in [2.45, 2.75) is 25.7 Å². The predicted octanol–water partition coefficient (Wildman–Crippen LogP) is 3.53. The quantitative estimate of drug-likeness (QED) is 0.581. The van der Waals surface area contributed by atoms with Crippen molar-refractivity contribution in [2.24, 2.45) is 0 Å². The number of para-hydroxylation sites is 1. The van der Waals surface area contributed by atoms with Gasteiger partial charge in [-0.05, 0) is 42.2 Å². The van der Waals surface area contributed by atoms with Gasteiger partial charge < -0.3 is 4.98 Å². The second-order valence-corrected chi connectivity index (χ2v) is 6.55. The molecule has 0 bridgehead atoms. The van der Waals surface area contributed by atoms with Crippen LogP contribution in [-0.4, -0.2) is 16.8 Å². The van der Waals surface area contributed by atoms with Gasteiger partial charge in [-0.25, -0.2) is 0 Å². The molecule has 0 aliphatic heterocycles. The number of aromatic nitrogens is 1. The Morgan fingerprint density at radius 2 is 1.69 bits per heavy atom. The van der Waals surface area contributed by atoms with E-state index in [0.29, 0.717) is 17.9 Å². The third kappa shape index (κ3) is 4.86. The molecule has 3 N–H and O–H groups in total. The lowest BCUT2D eigenvalue weighted by Crippen LogP contribution is -2.42. The van der Waals surface area contributed by atoms with Crippen LogP contribution in [-0.2, 0) is 22.4 Å². The zero-order valence-corrected chi connectivity index (χ0v) is 15.0. The fourth-order valence-electron chi connectivity index (χ4n) is 2.81. The normalized spacial score (nSPS) is 10.7. The molecule has 2 aromatic carbocycles. The minimum atomic E-state index is -0.266. The van der Waals surface area contributed by atoms with Crippen molar-refractivity contribution in [3.8, 4) is 0 Å². The van der Waals surface area contributed by atoms with E-state index in [9.17, 15) is 9.59 Å². The Balaban J connectivity index is 1.38. The number of hydrazine groups is 1. The number of aromatic amines is 1. The first-order valence-electron chi connectivity index (χ1n) is 8.49. The molecule has 2 amide bonds. The molecule has 0 spiro atoms. The molecule has 0 radical (unpaired) electrons. The fourth-order valence-corrected chi connectivity index (χ4v) is 2.94. The maximum Gasteiger partial charge on any atom is 0.242 e. The first-order chi connectivity index (χ1) is 12.6. The number of benzene rings is 2. The minimum absolute atomic E-state index is 0.187. The van der Waals surface area contributed by atoms with Gasteiger partial charge in [0.25, 0.3) is 0 Å². The summed E-state index contributed by atoms with van der Waals surface area (Å²) >= 11 is 5.81. The van der Waals surface area contributed by atoms with E-state index in [1.54, 1.807) is 24.3 Å². The van der Waals surface area contributed by atoms with Crippen LogP contribution in [0.4, 0.5) is 0 Å². The average Bonchev–Trinajstić information content (AvgIpc) is 3.05. The number of fused-ring (bicyclic) bond motifs is 1. The Morgan fingerprint density at radius 1 is 0.962 bits per heavy atom. The molecule has 0 unspecified atom stereocenters. The van der Waals surface area contributed by atoms with Crippen molar-refractivity contribution in [3.63, 3.8) is 0 Å². The molecule has 1 aromatic heterocycles. The molecule has 26 heavy (non-hydrogen) atoms. The van der Waals surface area contributed by atoms with Gasteiger partial charge in [-0.2, -0.15) is 0 Å². The van der Waals surface area contributed by atoms with Gasteiger partial charge in [0.15, 0.2) is 0 Å². The summed E-state index contributed by atoms with van der Waals surface area (Å²) in [6.45, 7) is 0. The van der Waals surface area contributed by atoms with Crippen LogP contribution in [0, 0.1) is 0 Å². The van der Waals surface area contributed by atoms with Gasteiger partial charge in [-0.3, -0.25) is 20.4 Å². The second kappa shape index (κ2) is 8.54. The second-order valence-electron chi connectivity index (χ2n) is 6.11. The van der Waals surface area contributed by atoms with Crippen LogP contribution in [0.5, 0.6) is 0 Å². The summed E-state index contributed by atoms with van der Waals surface area (Å²) in [6.07, 6.45) is 4.03. The molecule has 5 nitrogen and oxygen atoms in total. The van der Waals surface area contributed by atoms with E-state index in [1.165, 1.54) is 10.9 Å². The first kappa shape index (κ1) is 18.0. The molecule has 1 heterocycles. The fraction of sp³-hybridized carbons (Fsp3) is 0.200. The zero-order chi connectivity index (χ0) is 18.4. The number of aryl methyl sites for hydroxylation is 1. The molecule has 3 aromatic rings. The van der Waals surface area contributed by atoms with E-state index >= 15 is 0 Å². The summed E-state index contributed by atoms with van der Waals surface area (Å²) in [7, 11) is 0. The highest BCUT2D eigenvalue weighted by Crippen LogP contribution is 2.19. The summed E-state index contributed by atoms with van der Waals surface area (Å²) in [4.78, 5) is 27.0. The molecular formula is C20H20ClN3O2. The van der Waals surface area contributed by atoms with Crippen molar-refractivity contribution < 1.29 is 9.59 Å². The van der Waals surface area contributed by atoms with Crippen molar-refractivity contribution in [3.05, 3.63) is 70.9 Å². The average molecular weight is 370 g/mol. The number of carbonyl (C=O) groups excluding carboxylic acids is 2. The largest absolute Gasteiger partial charge is 0.361 e. The summed E-state index contributed by atoms with van der Waals surface area (Å²) in [5, 5.41) is 1.81. The molecule has 0 aliphatic carbocycles. The number of nitrogens with one attached hydrogen (secondary N) is 3. The summed E-state index contributed by atoms with van der Waals surface area (Å²) < 4.78 is 0. The number of hydrogen-bond acceptors (Lipinski definition) is 2. The Hall–Kier alpha value is -2.79. The smallest absolute Gasteiger partial charge is 0.242 e. The molecule has 134 valence electrons. The van der Waals surface area contributed by atoms with Crippen LogP contribution in [0.1, 0.15) is 24.0 Å². The van der Waals surface area contributed by atoms with Gasteiger partial charge in [-0.1, -0.05) is 41.9 Å². The highest BCUT2D eigenvalue weighted by Gasteiger charge is 2.07. The lowest BCUT2D eigenvalue weighted by molar-refractivity contribution is -0.128. The number of amides is 2. The maximum atomic E-state index is 11.9. The van der Waals surface area contributed by atoms with Crippen LogP contribution >= 0.6 is 11.6 Å². The molecule has 0 aliphatic rings. The SMILES string of the molecule is O=C(CCCc1c[nH]c2ccccc12)NNC(=O)Cc1ccc(Cl)cc1. The van der Waals surface area contributed by atoms with Crippen LogP contribution in [0.15, 0.2) is 54.7 Å². The molecule has 0 saturated heterocycles. The van der Waals surface area contributed by atoms with Gasteiger partial charge in [0.1, 0.15) is 0 Å². The van der Waals surface area contributed by atoms with E-state index in [0.717, 1.165) is 17.5 Å². The topological polar surface area (TPSA) is 74.0 Å². The van der Waals surface area contributed by atoms with Crippen LogP contribution < -0.4 is 10.9 Å². The number of H-pyrrole nitrogens is 1. The maximum absolute atomic E-state index is 11.9. The standard InChI is InChI=1S/C20H20ClN3O2/c21-16-10-8-14(9-11-16)12-20(26)24-23-19(25)7-3-4-15-13-22-18-6-2-1-5-17(15)18/h1-2,5-6,8-11,13,22H,3-4,7,12H2,(H,23,25)(H,24,26). The van der Waals surface area contributed by atoms with E-state index in [4.69, 9.17) is 11.6 Å². The van der Waals surface area contributed by atoms with Crippen LogP contribution in [0.2, 0.25) is 5.02 Å². The van der Waals surface area contributed by atoms with Crippen molar-refractivity contribution in [2.75, 3.05) is 0 Å². The van der Waals surface area contributed by atoms with Gasteiger partial charge in [0.05, 0.1) is 6.42 Å². The predicted molar refractivity (Wildman–Crippen MR) is 103 cm³/mol. The van der Waals surface area contributed by atoms with Gasteiger partial charge >= 0.3 is 0 Å². The van der Waals surface area contributed by atoms with Crippen LogP contribution in [0.3, 0.4) is 0 Å². The molecule has 0 fully saturated rings. The highest BCUT2D eigenvalue weighted by atomic mass is 35.5. The van der Waals surface area contributed by atoms with Gasteiger partial charge in [-0.15, -0.1) is 0 Å². The van der Waals surface area contributed by atoms with E-state index in [-0.39, 0.29) is 18.2 Å². The van der Waals surface area contributed by atoms with E-state index in [1.807, 2.05) is 24.4 Å². The van der Waals surface area contributed by atoms with Crippen LogP contribution in [0.25, 0.3) is 10.9 Å². The van der Waals surface area contributed by atoms with Crippen molar-refractivity contribution in [1.29, 1.82) is 0 Å². The Morgan fingerprint density at radius 3 is 2.50 bits per heavy atom. The third-order valence-corrected chi connectivity index (χ3v) is 4.40. The summed E-state index contributed by atoms with van der Waals surface area (Å²) in [5.41, 5.74) is 8.03. The number of halogens is 1. The number of rotatable bonds is 6. The van der Waals surface area contributed by atoms with E-state index < -0.39 is 0 Å². The molecule has 3 rings (SSSR count). The Kier molecular flexibility index (Phi) is 5.92. The number of hydrogen-bond donors (Lipinski definition) is 3. The lowest BCUT2D eigenvalue weighted by Gasteiger charge is -2.07.